The van der Waals surface area contributed by atoms with Gasteiger partial charge in [0.05, 0.1) is 4.88 Å². The Kier molecular flexibility index (Phi) is 3.54. The predicted octanol–water partition coefficient (Wildman–Crippen LogP) is 2.13. The summed E-state index contributed by atoms with van der Waals surface area (Å²) in [5, 5.41) is 4.72. The van der Waals surface area contributed by atoms with Gasteiger partial charge in [-0.25, -0.2) is 0 Å². The van der Waals surface area contributed by atoms with Gasteiger partial charge < -0.3 is 10.2 Å². The third kappa shape index (κ3) is 2.14. The lowest BCUT2D eigenvalue weighted by Crippen LogP contribution is -2.40. The zero-order chi connectivity index (χ0) is 14.2. The maximum absolute atomic E-state index is 12.4. The van der Waals surface area contributed by atoms with Crippen molar-refractivity contribution in [1.82, 2.24) is 10.2 Å². The second-order valence-electron chi connectivity index (χ2n) is 5.88. The van der Waals surface area contributed by atoms with Gasteiger partial charge in [-0.3, -0.25) is 9.59 Å². The highest BCUT2D eigenvalue weighted by molar-refractivity contribution is 7.12. The number of carbonyl (C=O) groups excluding carboxylic acids is 2. The number of rotatable bonds is 2. The van der Waals surface area contributed by atoms with Crippen LogP contribution in [-0.2, 0) is 4.79 Å². The second kappa shape index (κ2) is 5.20. The van der Waals surface area contributed by atoms with E-state index in [1.165, 1.54) is 11.3 Å². The molecule has 1 N–H and O–H groups in total. The molecule has 0 bridgehead atoms. The quantitative estimate of drug-likeness (QED) is 0.908. The van der Waals surface area contributed by atoms with Gasteiger partial charge in [0.1, 0.15) is 0 Å². The summed E-state index contributed by atoms with van der Waals surface area (Å²) in [4.78, 5) is 27.2. The molecule has 2 amide bonds. The number of nitrogens with zero attached hydrogens (tertiary/aromatic N) is 1. The average molecular weight is 292 g/mol. The van der Waals surface area contributed by atoms with Crippen LogP contribution in [0, 0.1) is 11.3 Å². The summed E-state index contributed by atoms with van der Waals surface area (Å²) >= 11 is 1.49. The molecule has 1 aromatic rings. The summed E-state index contributed by atoms with van der Waals surface area (Å²) in [5.41, 5.74) is 0.0208. The van der Waals surface area contributed by atoms with Crippen LogP contribution in [-0.4, -0.2) is 36.9 Å². The molecule has 1 saturated heterocycles. The molecule has 2 heterocycles. The average Bonchev–Trinajstić information content (AvgIpc) is 3.19. The minimum absolute atomic E-state index is 0.0208. The summed E-state index contributed by atoms with van der Waals surface area (Å²) in [6.45, 7) is 1.52. The zero-order valence-corrected chi connectivity index (χ0v) is 12.5. The van der Waals surface area contributed by atoms with Crippen molar-refractivity contribution >= 4 is 23.2 Å². The minimum atomic E-state index is 0.0208. The van der Waals surface area contributed by atoms with E-state index < -0.39 is 0 Å². The van der Waals surface area contributed by atoms with Crippen LogP contribution in [0.1, 0.15) is 35.4 Å². The fraction of sp³-hybridized carbons (Fsp3) is 0.600. The Morgan fingerprint density at radius 1 is 1.45 bits per heavy atom. The summed E-state index contributed by atoms with van der Waals surface area (Å²) in [5.74, 6) is 0.348. The SMILES string of the molecule is CNC(=O)[C@H]1CCC[C@]12CCN(C(=O)c1cccs1)C2. The van der Waals surface area contributed by atoms with Crippen molar-refractivity contribution in [3.63, 3.8) is 0 Å². The Bertz CT molecular complexity index is 514. The molecule has 1 aliphatic heterocycles. The van der Waals surface area contributed by atoms with Crippen LogP contribution in [0.3, 0.4) is 0 Å². The normalized spacial score (nSPS) is 29.1. The van der Waals surface area contributed by atoms with Gasteiger partial charge in [0.2, 0.25) is 5.91 Å². The van der Waals surface area contributed by atoms with Crippen molar-refractivity contribution in [2.75, 3.05) is 20.1 Å². The minimum Gasteiger partial charge on any atom is -0.359 e. The van der Waals surface area contributed by atoms with Crippen LogP contribution >= 0.6 is 11.3 Å². The van der Waals surface area contributed by atoms with E-state index in [0.717, 1.165) is 43.6 Å². The largest absolute Gasteiger partial charge is 0.359 e. The monoisotopic (exact) mass is 292 g/mol. The van der Waals surface area contributed by atoms with Gasteiger partial charge in [-0.1, -0.05) is 12.5 Å². The van der Waals surface area contributed by atoms with Crippen molar-refractivity contribution < 1.29 is 9.59 Å². The molecular formula is C15H20N2O2S. The highest BCUT2D eigenvalue weighted by Gasteiger charge is 2.51. The lowest BCUT2D eigenvalue weighted by molar-refractivity contribution is -0.127. The van der Waals surface area contributed by atoms with Crippen LogP contribution in [0.4, 0.5) is 0 Å². The van der Waals surface area contributed by atoms with Crippen LogP contribution in [0.25, 0.3) is 0 Å². The molecular weight excluding hydrogens is 272 g/mol. The van der Waals surface area contributed by atoms with E-state index in [4.69, 9.17) is 0 Å². The topological polar surface area (TPSA) is 49.4 Å². The van der Waals surface area contributed by atoms with E-state index >= 15 is 0 Å². The molecule has 1 aliphatic carbocycles. The first-order valence-corrected chi connectivity index (χ1v) is 8.09. The molecule has 2 atom stereocenters. The molecule has 0 aromatic carbocycles. The van der Waals surface area contributed by atoms with Crippen molar-refractivity contribution in [3.8, 4) is 0 Å². The molecule has 1 aromatic heterocycles. The third-order valence-corrected chi connectivity index (χ3v) is 5.73. The first-order valence-electron chi connectivity index (χ1n) is 7.21. The van der Waals surface area contributed by atoms with Crippen molar-refractivity contribution in [3.05, 3.63) is 22.4 Å². The molecule has 0 unspecified atom stereocenters. The Labute approximate surface area is 123 Å². The van der Waals surface area contributed by atoms with Gasteiger partial charge in [-0.2, -0.15) is 0 Å². The first-order chi connectivity index (χ1) is 9.66. The van der Waals surface area contributed by atoms with Gasteiger partial charge in [0, 0.05) is 31.5 Å². The number of carbonyl (C=O) groups is 2. The Hall–Kier alpha value is -1.36. The highest BCUT2D eigenvalue weighted by Crippen LogP contribution is 2.50. The summed E-state index contributed by atoms with van der Waals surface area (Å²) in [6.07, 6.45) is 4.08. The number of amides is 2. The Morgan fingerprint density at radius 3 is 3.00 bits per heavy atom. The van der Waals surface area contributed by atoms with E-state index in [-0.39, 0.29) is 23.1 Å². The summed E-state index contributed by atoms with van der Waals surface area (Å²) < 4.78 is 0. The van der Waals surface area contributed by atoms with Crippen molar-refractivity contribution in [1.29, 1.82) is 0 Å². The van der Waals surface area contributed by atoms with Crippen molar-refractivity contribution in [2.24, 2.45) is 11.3 Å². The van der Waals surface area contributed by atoms with E-state index in [9.17, 15) is 9.59 Å². The third-order valence-electron chi connectivity index (χ3n) is 4.87. The van der Waals surface area contributed by atoms with E-state index in [2.05, 4.69) is 5.32 Å². The lowest BCUT2D eigenvalue weighted by Gasteiger charge is -2.30. The molecule has 3 rings (SSSR count). The first kappa shape index (κ1) is 13.6. The molecule has 2 fully saturated rings. The van der Waals surface area contributed by atoms with Gasteiger partial charge in [0.15, 0.2) is 0 Å². The Balaban J connectivity index is 1.75. The van der Waals surface area contributed by atoms with Gasteiger partial charge >= 0.3 is 0 Å². The number of hydrogen-bond acceptors (Lipinski definition) is 3. The van der Waals surface area contributed by atoms with Gasteiger partial charge in [-0.05, 0) is 30.7 Å². The van der Waals surface area contributed by atoms with E-state index in [1.807, 2.05) is 22.4 Å². The lowest BCUT2D eigenvalue weighted by atomic mass is 9.76. The molecule has 0 radical (unpaired) electrons. The predicted molar refractivity (Wildman–Crippen MR) is 78.7 cm³/mol. The molecule has 2 aliphatic rings. The number of thiophene rings is 1. The van der Waals surface area contributed by atoms with E-state index in [0.29, 0.717) is 0 Å². The maximum Gasteiger partial charge on any atom is 0.263 e. The van der Waals surface area contributed by atoms with Crippen LogP contribution in [0.15, 0.2) is 17.5 Å². The van der Waals surface area contributed by atoms with Gasteiger partial charge in [-0.15, -0.1) is 11.3 Å². The molecule has 4 nitrogen and oxygen atoms in total. The standard InChI is InChI=1S/C15H20N2O2S/c1-16-13(18)11-4-2-6-15(11)7-8-17(10-15)14(19)12-5-3-9-20-12/h3,5,9,11H,2,4,6-8,10H2,1H3,(H,16,18)/t11-,15-/m1/s1. The van der Waals surface area contributed by atoms with Gasteiger partial charge in [0.25, 0.3) is 5.91 Å². The summed E-state index contributed by atoms with van der Waals surface area (Å²) in [7, 11) is 1.71. The van der Waals surface area contributed by atoms with Crippen LogP contribution in [0.2, 0.25) is 0 Å². The number of likely N-dealkylation sites (tertiary alicyclic amines) is 1. The van der Waals surface area contributed by atoms with Crippen LogP contribution < -0.4 is 5.32 Å². The fourth-order valence-corrected chi connectivity index (χ4v) is 4.53. The molecule has 108 valence electrons. The molecule has 20 heavy (non-hydrogen) atoms. The number of nitrogens with one attached hydrogen (secondary N) is 1. The number of hydrogen-bond donors (Lipinski definition) is 1. The molecule has 1 spiro atoms. The smallest absolute Gasteiger partial charge is 0.263 e. The van der Waals surface area contributed by atoms with E-state index in [1.54, 1.807) is 7.05 Å². The maximum atomic E-state index is 12.4. The fourth-order valence-electron chi connectivity index (χ4n) is 3.84. The Morgan fingerprint density at radius 2 is 2.30 bits per heavy atom. The molecule has 5 heteroatoms. The summed E-state index contributed by atoms with van der Waals surface area (Å²) in [6, 6.07) is 3.79. The highest BCUT2D eigenvalue weighted by atomic mass is 32.1. The van der Waals surface area contributed by atoms with Crippen molar-refractivity contribution in [2.45, 2.75) is 25.7 Å². The van der Waals surface area contributed by atoms with Crippen LogP contribution in [0.5, 0.6) is 0 Å². The second-order valence-corrected chi connectivity index (χ2v) is 6.82. The zero-order valence-electron chi connectivity index (χ0n) is 11.7. The molecule has 1 saturated carbocycles.